The summed E-state index contributed by atoms with van der Waals surface area (Å²) in [5, 5.41) is 0. The van der Waals surface area contributed by atoms with Crippen LogP contribution in [0.15, 0.2) is 91.0 Å². The molecule has 0 amide bonds. The van der Waals surface area contributed by atoms with Gasteiger partial charge in [-0.05, 0) is 47.6 Å². The molecule has 0 nitrogen and oxygen atoms in total. The van der Waals surface area contributed by atoms with Crippen LogP contribution in [0.25, 0.3) is 12.2 Å². The number of hydrogen-bond acceptors (Lipinski definition) is 0. The highest BCUT2D eigenvalue weighted by molar-refractivity contribution is 5.69. The van der Waals surface area contributed by atoms with Gasteiger partial charge in [-0.3, -0.25) is 0 Å². The van der Waals surface area contributed by atoms with E-state index in [4.69, 9.17) is 0 Å². The van der Waals surface area contributed by atoms with Gasteiger partial charge in [0, 0.05) is 6.42 Å². The van der Waals surface area contributed by atoms with Gasteiger partial charge in [0.25, 0.3) is 0 Å². The summed E-state index contributed by atoms with van der Waals surface area (Å²) >= 11 is 0. The van der Waals surface area contributed by atoms with Gasteiger partial charge in [-0.2, -0.15) is 0 Å². The monoisotopic (exact) mass is 370 g/mol. The van der Waals surface area contributed by atoms with E-state index in [2.05, 4.69) is 67.6 Å². The van der Waals surface area contributed by atoms with Crippen LogP contribution in [0.2, 0.25) is 0 Å². The average molecular weight is 371 g/mol. The zero-order valence-corrected chi connectivity index (χ0v) is 16.4. The van der Waals surface area contributed by atoms with Crippen LogP contribution in [0.4, 0.5) is 4.39 Å². The molecular weight excluding hydrogens is 343 g/mol. The Labute approximate surface area is 168 Å². The molecule has 0 fully saturated rings. The first-order valence-electron chi connectivity index (χ1n) is 9.91. The van der Waals surface area contributed by atoms with Crippen molar-refractivity contribution in [2.24, 2.45) is 0 Å². The fourth-order valence-corrected chi connectivity index (χ4v) is 3.16. The van der Waals surface area contributed by atoms with Crippen molar-refractivity contribution >= 4 is 12.2 Å². The molecule has 1 unspecified atom stereocenters. The van der Waals surface area contributed by atoms with Gasteiger partial charge in [0.1, 0.15) is 6.17 Å². The lowest BCUT2D eigenvalue weighted by Crippen LogP contribution is -1.96. The molecule has 0 spiro atoms. The van der Waals surface area contributed by atoms with Crippen molar-refractivity contribution in [3.63, 3.8) is 0 Å². The molecule has 0 heterocycles. The van der Waals surface area contributed by atoms with Crippen LogP contribution >= 0.6 is 0 Å². The van der Waals surface area contributed by atoms with Gasteiger partial charge in [0.2, 0.25) is 0 Å². The molecule has 3 rings (SSSR count). The van der Waals surface area contributed by atoms with Crippen LogP contribution in [0.3, 0.4) is 0 Å². The van der Waals surface area contributed by atoms with Crippen molar-refractivity contribution in [3.8, 4) is 0 Å². The van der Waals surface area contributed by atoms with Crippen molar-refractivity contribution in [1.82, 2.24) is 0 Å². The standard InChI is InChI=1S/C27H27F/c1-2-3-5-8-22-11-13-23(14-12-22)15-16-24-17-19-25(20-18-24)21-27(28)26-9-6-4-7-10-26/h2-4,6-7,9-20,27H,5,8,21H2,1H3/b3-2+,16-15+. The number of benzene rings is 3. The fraction of sp³-hybridized carbons (Fsp3) is 0.185. The van der Waals surface area contributed by atoms with Crippen molar-refractivity contribution in [3.05, 3.63) is 119 Å². The topological polar surface area (TPSA) is 0 Å². The molecule has 0 radical (unpaired) electrons. The summed E-state index contributed by atoms with van der Waals surface area (Å²) in [5.41, 5.74) is 5.42. The minimum absolute atomic E-state index is 0.405. The van der Waals surface area contributed by atoms with Gasteiger partial charge < -0.3 is 0 Å². The lowest BCUT2D eigenvalue weighted by molar-refractivity contribution is 0.342. The summed E-state index contributed by atoms with van der Waals surface area (Å²) in [7, 11) is 0. The number of hydrogen-bond donors (Lipinski definition) is 0. The third kappa shape index (κ3) is 6.06. The maximum absolute atomic E-state index is 14.4. The molecule has 0 saturated heterocycles. The normalized spacial score (nSPS) is 12.6. The van der Waals surface area contributed by atoms with E-state index in [-0.39, 0.29) is 0 Å². The summed E-state index contributed by atoms with van der Waals surface area (Å²) in [5.74, 6) is 0. The molecule has 0 bridgehead atoms. The highest BCUT2D eigenvalue weighted by atomic mass is 19.1. The SMILES string of the molecule is C/C=C/CCc1ccc(/C=C/c2ccc(CC(F)c3ccccc3)cc2)cc1. The Morgan fingerprint density at radius 1 is 0.750 bits per heavy atom. The molecule has 0 aromatic heterocycles. The molecule has 0 N–H and O–H groups in total. The Morgan fingerprint density at radius 2 is 1.32 bits per heavy atom. The van der Waals surface area contributed by atoms with Crippen LogP contribution in [-0.4, -0.2) is 0 Å². The third-order valence-corrected chi connectivity index (χ3v) is 4.84. The van der Waals surface area contributed by atoms with Gasteiger partial charge in [-0.25, -0.2) is 4.39 Å². The Morgan fingerprint density at radius 3 is 1.89 bits per heavy atom. The summed E-state index contributed by atoms with van der Waals surface area (Å²) < 4.78 is 14.4. The van der Waals surface area contributed by atoms with Crippen molar-refractivity contribution in [2.45, 2.75) is 32.4 Å². The average Bonchev–Trinajstić information content (AvgIpc) is 2.75. The van der Waals surface area contributed by atoms with E-state index in [1.165, 1.54) is 11.1 Å². The number of aryl methyl sites for hydroxylation is 1. The predicted octanol–water partition coefficient (Wildman–Crippen LogP) is 7.62. The molecule has 0 saturated carbocycles. The third-order valence-electron chi connectivity index (χ3n) is 4.84. The molecule has 0 aliphatic heterocycles. The lowest BCUT2D eigenvalue weighted by atomic mass is 10.0. The molecule has 3 aromatic carbocycles. The molecule has 0 aliphatic rings. The van der Waals surface area contributed by atoms with E-state index in [0.29, 0.717) is 6.42 Å². The van der Waals surface area contributed by atoms with E-state index in [1.54, 1.807) is 0 Å². The van der Waals surface area contributed by atoms with Gasteiger partial charge in [0.15, 0.2) is 0 Å². The van der Waals surface area contributed by atoms with Crippen LogP contribution in [0, 0.1) is 0 Å². The van der Waals surface area contributed by atoms with Crippen molar-refractivity contribution in [1.29, 1.82) is 0 Å². The minimum Gasteiger partial charge on any atom is -0.242 e. The first-order valence-corrected chi connectivity index (χ1v) is 9.91. The second-order valence-corrected chi connectivity index (χ2v) is 7.01. The largest absolute Gasteiger partial charge is 0.242 e. The van der Waals surface area contributed by atoms with E-state index in [9.17, 15) is 4.39 Å². The molecular formula is C27H27F. The smallest absolute Gasteiger partial charge is 0.129 e. The quantitative estimate of drug-likeness (QED) is 0.282. The Kier molecular flexibility index (Phi) is 7.37. The van der Waals surface area contributed by atoms with E-state index in [1.807, 2.05) is 42.5 Å². The van der Waals surface area contributed by atoms with Gasteiger partial charge in [-0.1, -0.05) is 103 Å². The Bertz CT molecular complexity index is 887. The fourth-order valence-electron chi connectivity index (χ4n) is 3.16. The summed E-state index contributed by atoms with van der Waals surface area (Å²) in [6, 6.07) is 26.2. The second-order valence-electron chi connectivity index (χ2n) is 7.01. The summed E-state index contributed by atoms with van der Waals surface area (Å²) in [6.45, 7) is 2.06. The van der Waals surface area contributed by atoms with Gasteiger partial charge >= 0.3 is 0 Å². The predicted molar refractivity (Wildman–Crippen MR) is 119 cm³/mol. The second kappa shape index (κ2) is 10.4. The van der Waals surface area contributed by atoms with E-state index < -0.39 is 6.17 Å². The maximum Gasteiger partial charge on any atom is 0.129 e. The number of rotatable bonds is 8. The number of halogens is 1. The van der Waals surface area contributed by atoms with Crippen LogP contribution in [0.1, 0.15) is 47.3 Å². The van der Waals surface area contributed by atoms with Gasteiger partial charge in [0.05, 0.1) is 0 Å². The molecule has 28 heavy (non-hydrogen) atoms. The minimum atomic E-state index is -0.964. The Balaban J connectivity index is 1.56. The highest BCUT2D eigenvalue weighted by Gasteiger charge is 2.09. The van der Waals surface area contributed by atoms with Crippen LogP contribution < -0.4 is 0 Å². The van der Waals surface area contributed by atoms with Crippen molar-refractivity contribution < 1.29 is 4.39 Å². The molecule has 0 aliphatic carbocycles. The van der Waals surface area contributed by atoms with Crippen LogP contribution in [-0.2, 0) is 12.8 Å². The summed E-state index contributed by atoms with van der Waals surface area (Å²) in [4.78, 5) is 0. The number of allylic oxidation sites excluding steroid dienone is 2. The Hall–Kier alpha value is -2.93. The lowest BCUT2D eigenvalue weighted by Gasteiger charge is -2.08. The molecule has 1 atom stereocenters. The first-order chi connectivity index (χ1) is 13.7. The zero-order valence-electron chi connectivity index (χ0n) is 16.4. The van der Waals surface area contributed by atoms with E-state index in [0.717, 1.165) is 29.5 Å². The molecule has 3 aromatic rings. The van der Waals surface area contributed by atoms with Crippen LogP contribution in [0.5, 0.6) is 0 Å². The summed E-state index contributed by atoms with van der Waals surface area (Å²) in [6.07, 6.45) is 10.1. The maximum atomic E-state index is 14.4. The van der Waals surface area contributed by atoms with E-state index >= 15 is 0 Å². The van der Waals surface area contributed by atoms with Gasteiger partial charge in [-0.15, -0.1) is 0 Å². The zero-order chi connectivity index (χ0) is 19.6. The highest BCUT2D eigenvalue weighted by Crippen LogP contribution is 2.22. The number of alkyl halides is 1. The molecule has 1 heteroatoms. The van der Waals surface area contributed by atoms with Crippen molar-refractivity contribution in [2.75, 3.05) is 0 Å². The molecule has 142 valence electrons. The first kappa shape index (κ1) is 19.8.